The molecule has 19 heavy (non-hydrogen) atoms. The highest BCUT2D eigenvalue weighted by Crippen LogP contribution is 2.30. The molecule has 0 fully saturated rings. The fourth-order valence-electron chi connectivity index (χ4n) is 2.43. The maximum atomic E-state index is 9.40. The van der Waals surface area contributed by atoms with Crippen LogP contribution in [0.25, 0.3) is 0 Å². The zero-order valence-corrected chi connectivity index (χ0v) is 13.9. The third-order valence-electron chi connectivity index (χ3n) is 3.36. The predicted molar refractivity (Wildman–Crippen MR) is 85.4 cm³/mol. The average molecular weight is 323 g/mol. The minimum Gasteiger partial charge on any atom is -0.367 e. The van der Waals surface area contributed by atoms with Gasteiger partial charge in [-0.15, -0.1) is 0 Å². The van der Waals surface area contributed by atoms with Gasteiger partial charge in [0.2, 0.25) is 0 Å². The number of halogens is 1. The molecule has 0 heterocycles. The van der Waals surface area contributed by atoms with Crippen molar-refractivity contribution < 1.29 is 0 Å². The lowest BCUT2D eigenvalue weighted by Gasteiger charge is -2.35. The predicted octanol–water partition coefficient (Wildman–Crippen LogP) is 4.97. The van der Waals surface area contributed by atoms with E-state index in [2.05, 4.69) is 60.7 Å². The summed E-state index contributed by atoms with van der Waals surface area (Å²) in [6, 6.07) is 8.82. The van der Waals surface area contributed by atoms with Crippen LogP contribution >= 0.6 is 15.9 Å². The van der Waals surface area contributed by atoms with Crippen molar-refractivity contribution in [1.29, 1.82) is 5.26 Å². The molecule has 104 valence electrons. The Bertz CT molecular complexity index is 445. The minimum absolute atomic E-state index is 0.490. The van der Waals surface area contributed by atoms with Crippen molar-refractivity contribution >= 4 is 21.6 Å². The third kappa shape index (κ3) is 3.98. The van der Waals surface area contributed by atoms with Crippen molar-refractivity contribution in [2.24, 2.45) is 5.92 Å². The monoisotopic (exact) mass is 322 g/mol. The summed E-state index contributed by atoms with van der Waals surface area (Å²) >= 11 is 3.49. The standard InChI is InChI=1S/C16H23BrN2/c1-5-13(6-2)19(11-12(3)4)16-9-7-8-15(17)14(16)10-18/h7-9,12-13H,5-6,11H2,1-4H3. The first-order valence-electron chi connectivity index (χ1n) is 7.00. The third-order valence-corrected chi connectivity index (χ3v) is 4.02. The van der Waals surface area contributed by atoms with E-state index in [1.165, 1.54) is 0 Å². The van der Waals surface area contributed by atoms with Crippen LogP contribution in [0.4, 0.5) is 5.69 Å². The molecule has 0 saturated heterocycles. The molecule has 0 aromatic heterocycles. The first-order valence-corrected chi connectivity index (χ1v) is 7.79. The molecule has 0 radical (unpaired) electrons. The van der Waals surface area contributed by atoms with Gasteiger partial charge in [-0.1, -0.05) is 33.8 Å². The Morgan fingerprint density at radius 1 is 1.26 bits per heavy atom. The lowest BCUT2D eigenvalue weighted by atomic mass is 10.0. The quantitative estimate of drug-likeness (QED) is 0.739. The Balaban J connectivity index is 3.25. The molecule has 1 aromatic carbocycles. The minimum atomic E-state index is 0.490. The van der Waals surface area contributed by atoms with Gasteiger partial charge in [-0.25, -0.2) is 0 Å². The van der Waals surface area contributed by atoms with Crippen LogP contribution in [0.1, 0.15) is 46.1 Å². The second-order valence-corrected chi connectivity index (χ2v) is 6.12. The first-order chi connectivity index (χ1) is 9.04. The molecule has 0 aliphatic carbocycles. The van der Waals surface area contributed by atoms with Gasteiger partial charge in [-0.05, 0) is 46.8 Å². The number of hydrogen-bond donors (Lipinski definition) is 0. The van der Waals surface area contributed by atoms with Crippen LogP contribution in [0.5, 0.6) is 0 Å². The Labute approximate surface area is 125 Å². The smallest absolute Gasteiger partial charge is 0.103 e. The average Bonchev–Trinajstić information content (AvgIpc) is 2.38. The molecule has 0 atom stereocenters. The SMILES string of the molecule is CCC(CC)N(CC(C)C)c1cccc(Br)c1C#N. The Morgan fingerprint density at radius 2 is 1.89 bits per heavy atom. The van der Waals surface area contributed by atoms with Gasteiger partial charge in [0.25, 0.3) is 0 Å². The molecule has 1 aromatic rings. The molecule has 1 rings (SSSR count). The van der Waals surface area contributed by atoms with E-state index >= 15 is 0 Å². The van der Waals surface area contributed by atoms with Crippen LogP contribution in [0, 0.1) is 17.2 Å². The normalized spacial score (nSPS) is 10.8. The van der Waals surface area contributed by atoms with Crippen LogP contribution in [0.15, 0.2) is 22.7 Å². The van der Waals surface area contributed by atoms with Gasteiger partial charge in [0.05, 0.1) is 11.3 Å². The number of benzene rings is 1. The van der Waals surface area contributed by atoms with Gasteiger partial charge >= 0.3 is 0 Å². The molecule has 0 N–H and O–H groups in total. The molecule has 0 aliphatic rings. The largest absolute Gasteiger partial charge is 0.367 e. The van der Waals surface area contributed by atoms with Crippen LogP contribution < -0.4 is 4.90 Å². The molecular weight excluding hydrogens is 300 g/mol. The second-order valence-electron chi connectivity index (χ2n) is 5.26. The van der Waals surface area contributed by atoms with Crippen LogP contribution in [-0.2, 0) is 0 Å². The highest BCUT2D eigenvalue weighted by Gasteiger charge is 2.20. The van der Waals surface area contributed by atoms with Crippen LogP contribution in [0.3, 0.4) is 0 Å². The molecule has 0 bridgehead atoms. The number of anilines is 1. The number of hydrogen-bond acceptors (Lipinski definition) is 2. The van der Waals surface area contributed by atoms with Crippen LogP contribution in [-0.4, -0.2) is 12.6 Å². The second kappa shape index (κ2) is 7.55. The zero-order chi connectivity index (χ0) is 14.4. The summed E-state index contributed by atoms with van der Waals surface area (Å²) in [6.07, 6.45) is 2.20. The summed E-state index contributed by atoms with van der Waals surface area (Å²) in [5.41, 5.74) is 1.80. The van der Waals surface area contributed by atoms with Crippen molar-refractivity contribution in [3.8, 4) is 6.07 Å². The summed E-state index contributed by atoms with van der Waals surface area (Å²) < 4.78 is 0.882. The fourth-order valence-corrected chi connectivity index (χ4v) is 2.87. The van der Waals surface area contributed by atoms with E-state index in [0.717, 1.165) is 35.1 Å². The van der Waals surface area contributed by atoms with E-state index in [1.807, 2.05) is 12.1 Å². The van der Waals surface area contributed by atoms with Crippen molar-refractivity contribution in [2.45, 2.75) is 46.6 Å². The Kier molecular flexibility index (Phi) is 6.37. The van der Waals surface area contributed by atoms with E-state index in [9.17, 15) is 5.26 Å². The lowest BCUT2D eigenvalue weighted by Crippen LogP contribution is -2.37. The number of nitrogens with zero attached hydrogens (tertiary/aromatic N) is 2. The molecule has 0 aliphatic heterocycles. The van der Waals surface area contributed by atoms with E-state index in [1.54, 1.807) is 0 Å². The van der Waals surface area contributed by atoms with Crippen molar-refractivity contribution in [1.82, 2.24) is 0 Å². The van der Waals surface area contributed by atoms with E-state index in [-0.39, 0.29) is 0 Å². The number of nitriles is 1. The van der Waals surface area contributed by atoms with Gasteiger partial charge in [0.15, 0.2) is 0 Å². The summed E-state index contributed by atoms with van der Waals surface area (Å²) in [5.74, 6) is 0.575. The molecular formula is C16H23BrN2. The lowest BCUT2D eigenvalue weighted by molar-refractivity contribution is 0.507. The summed E-state index contributed by atoms with van der Waals surface area (Å²) in [7, 11) is 0. The highest BCUT2D eigenvalue weighted by atomic mass is 79.9. The fraction of sp³-hybridized carbons (Fsp3) is 0.562. The van der Waals surface area contributed by atoms with Gasteiger partial charge in [0, 0.05) is 17.1 Å². The van der Waals surface area contributed by atoms with Crippen molar-refractivity contribution in [3.63, 3.8) is 0 Å². The van der Waals surface area contributed by atoms with E-state index < -0.39 is 0 Å². The molecule has 0 spiro atoms. The summed E-state index contributed by atoms with van der Waals surface area (Å²) in [4.78, 5) is 2.40. The first kappa shape index (κ1) is 16.0. The zero-order valence-electron chi connectivity index (χ0n) is 12.3. The molecule has 0 unspecified atom stereocenters. The van der Waals surface area contributed by atoms with Gasteiger partial charge in [0.1, 0.15) is 6.07 Å². The van der Waals surface area contributed by atoms with Gasteiger partial charge < -0.3 is 4.90 Å². The Morgan fingerprint density at radius 3 is 2.37 bits per heavy atom. The number of rotatable bonds is 6. The molecule has 0 amide bonds. The molecule has 2 nitrogen and oxygen atoms in total. The molecule has 3 heteroatoms. The molecule has 0 saturated carbocycles. The van der Waals surface area contributed by atoms with Gasteiger partial charge in [-0.3, -0.25) is 0 Å². The maximum Gasteiger partial charge on any atom is 0.103 e. The Hall–Kier alpha value is -1.01. The van der Waals surface area contributed by atoms with E-state index in [0.29, 0.717) is 12.0 Å². The summed E-state index contributed by atoms with van der Waals surface area (Å²) in [5, 5.41) is 9.40. The maximum absolute atomic E-state index is 9.40. The highest BCUT2D eigenvalue weighted by molar-refractivity contribution is 9.10. The summed E-state index contributed by atoms with van der Waals surface area (Å²) in [6.45, 7) is 9.85. The van der Waals surface area contributed by atoms with Crippen LogP contribution in [0.2, 0.25) is 0 Å². The van der Waals surface area contributed by atoms with Crippen molar-refractivity contribution in [2.75, 3.05) is 11.4 Å². The topological polar surface area (TPSA) is 27.0 Å². The van der Waals surface area contributed by atoms with Gasteiger partial charge in [-0.2, -0.15) is 5.26 Å². The van der Waals surface area contributed by atoms with E-state index in [4.69, 9.17) is 0 Å². The van der Waals surface area contributed by atoms with Crippen molar-refractivity contribution in [3.05, 3.63) is 28.2 Å².